The van der Waals surface area contributed by atoms with Crippen LogP contribution in [0.25, 0.3) is 11.1 Å². The average molecular weight is 290 g/mol. The topological polar surface area (TPSA) is 65.2 Å². The van der Waals surface area contributed by atoms with Gasteiger partial charge < -0.3 is 10.2 Å². The highest BCUT2D eigenvalue weighted by Crippen LogP contribution is 2.33. The van der Waals surface area contributed by atoms with Crippen molar-refractivity contribution in [1.29, 1.82) is 0 Å². The fourth-order valence-electron chi connectivity index (χ4n) is 2.08. The number of hydrogen-bond donors (Lipinski definition) is 2. The first-order valence-electron chi connectivity index (χ1n) is 6.81. The maximum atomic E-state index is 9.86. The molecule has 108 valence electrons. The Hall–Kier alpha value is -3.14. The van der Waals surface area contributed by atoms with Gasteiger partial charge in [-0.1, -0.05) is 30.3 Å². The van der Waals surface area contributed by atoms with E-state index in [0.717, 1.165) is 16.9 Å². The van der Waals surface area contributed by atoms with Gasteiger partial charge in [0.1, 0.15) is 11.5 Å². The molecular weight excluding hydrogens is 276 g/mol. The van der Waals surface area contributed by atoms with Crippen molar-refractivity contribution < 1.29 is 10.2 Å². The third-order valence-electron chi connectivity index (χ3n) is 3.20. The smallest absolute Gasteiger partial charge is 0.127 e. The summed E-state index contributed by atoms with van der Waals surface area (Å²) in [7, 11) is 0. The van der Waals surface area contributed by atoms with Gasteiger partial charge in [0.25, 0.3) is 0 Å². The molecule has 0 unspecified atom stereocenters. The highest BCUT2D eigenvalue weighted by atomic mass is 16.3. The Labute approximate surface area is 128 Å². The zero-order valence-electron chi connectivity index (χ0n) is 11.7. The van der Waals surface area contributed by atoms with E-state index in [1.807, 2.05) is 54.6 Å². The standard InChI is InChI=1S/C18H14N2O2/c21-16-10-11-17(18(22)12-16)13-6-8-15(9-7-13)20-19-14-4-2-1-3-5-14/h1-12,21-22H. The van der Waals surface area contributed by atoms with E-state index in [-0.39, 0.29) is 11.5 Å². The molecule has 0 spiro atoms. The lowest BCUT2D eigenvalue weighted by molar-refractivity contribution is 0.452. The third-order valence-corrected chi connectivity index (χ3v) is 3.20. The van der Waals surface area contributed by atoms with E-state index in [1.165, 1.54) is 12.1 Å². The van der Waals surface area contributed by atoms with Gasteiger partial charge in [-0.2, -0.15) is 10.2 Å². The molecule has 0 aliphatic rings. The number of benzene rings is 3. The summed E-state index contributed by atoms with van der Waals surface area (Å²) < 4.78 is 0. The second kappa shape index (κ2) is 6.10. The number of nitrogens with zero attached hydrogens (tertiary/aromatic N) is 2. The van der Waals surface area contributed by atoms with Gasteiger partial charge in [0.2, 0.25) is 0 Å². The van der Waals surface area contributed by atoms with E-state index in [0.29, 0.717) is 5.56 Å². The molecule has 0 radical (unpaired) electrons. The average Bonchev–Trinajstić information content (AvgIpc) is 2.55. The SMILES string of the molecule is Oc1ccc(-c2ccc(N=Nc3ccccc3)cc2)c(O)c1. The van der Waals surface area contributed by atoms with Crippen LogP contribution in [-0.4, -0.2) is 10.2 Å². The summed E-state index contributed by atoms with van der Waals surface area (Å²) in [5, 5.41) is 27.5. The summed E-state index contributed by atoms with van der Waals surface area (Å²) >= 11 is 0. The van der Waals surface area contributed by atoms with Crippen molar-refractivity contribution in [2.75, 3.05) is 0 Å². The molecule has 0 aliphatic carbocycles. The molecule has 3 aromatic carbocycles. The van der Waals surface area contributed by atoms with E-state index in [9.17, 15) is 10.2 Å². The lowest BCUT2D eigenvalue weighted by atomic mass is 10.0. The maximum absolute atomic E-state index is 9.86. The number of aromatic hydroxyl groups is 2. The van der Waals surface area contributed by atoms with E-state index in [4.69, 9.17) is 0 Å². The minimum absolute atomic E-state index is 0.0366. The van der Waals surface area contributed by atoms with Crippen LogP contribution in [0.3, 0.4) is 0 Å². The number of phenols is 2. The van der Waals surface area contributed by atoms with Gasteiger partial charge in [-0.15, -0.1) is 0 Å². The van der Waals surface area contributed by atoms with Gasteiger partial charge in [-0.05, 0) is 42.0 Å². The first-order chi connectivity index (χ1) is 10.7. The maximum Gasteiger partial charge on any atom is 0.127 e. The molecule has 0 aromatic heterocycles. The van der Waals surface area contributed by atoms with Crippen LogP contribution in [0.15, 0.2) is 83.0 Å². The zero-order valence-corrected chi connectivity index (χ0v) is 11.7. The summed E-state index contributed by atoms with van der Waals surface area (Å²) in [4.78, 5) is 0. The van der Waals surface area contributed by atoms with Crippen LogP contribution >= 0.6 is 0 Å². The normalized spacial score (nSPS) is 10.9. The van der Waals surface area contributed by atoms with Crippen LogP contribution in [0, 0.1) is 0 Å². The molecule has 0 amide bonds. The Morgan fingerprint density at radius 3 is 1.91 bits per heavy atom. The quantitative estimate of drug-likeness (QED) is 0.653. The van der Waals surface area contributed by atoms with Crippen LogP contribution in [0.2, 0.25) is 0 Å². The molecule has 4 nitrogen and oxygen atoms in total. The predicted octanol–water partition coefficient (Wildman–Crippen LogP) is 5.18. The minimum atomic E-state index is 0.0366. The lowest BCUT2D eigenvalue weighted by Crippen LogP contribution is -1.78. The van der Waals surface area contributed by atoms with E-state index in [2.05, 4.69) is 10.2 Å². The molecule has 0 atom stereocenters. The van der Waals surface area contributed by atoms with Crippen LogP contribution in [0.1, 0.15) is 0 Å². The van der Waals surface area contributed by atoms with Crippen molar-refractivity contribution in [1.82, 2.24) is 0 Å². The molecule has 0 saturated heterocycles. The van der Waals surface area contributed by atoms with Crippen molar-refractivity contribution in [3.63, 3.8) is 0 Å². The summed E-state index contributed by atoms with van der Waals surface area (Å²) in [6.07, 6.45) is 0. The molecule has 0 bridgehead atoms. The van der Waals surface area contributed by atoms with Crippen LogP contribution in [0.4, 0.5) is 11.4 Å². The predicted molar refractivity (Wildman–Crippen MR) is 85.8 cm³/mol. The van der Waals surface area contributed by atoms with Gasteiger partial charge in [0.15, 0.2) is 0 Å². The third kappa shape index (κ3) is 3.12. The number of azo groups is 1. The first-order valence-corrected chi connectivity index (χ1v) is 6.81. The van der Waals surface area contributed by atoms with Crippen molar-refractivity contribution in [3.05, 3.63) is 72.8 Å². The van der Waals surface area contributed by atoms with Crippen molar-refractivity contribution >= 4 is 11.4 Å². The summed E-state index contributed by atoms with van der Waals surface area (Å²) in [5.74, 6) is 0.0770. The number of phenolic OH excluding ortho intramolecular Hbond substituents is 2. The monoisotopic (exact) mass is 290 g/mol. The fraction of sp³-hybridized carbons (Fsp3) is 0. The Balaban J connectivity index is 1.82. The van der Waals surface area contributed by atoms with Gasteiger partial charge >= 0.3 is 0 Å². The Bertz CT molecular complexity index is 797. The molecule has 4 heteroatoms. The second-order valence-electron chi connectivity index (χ2n) is 4.78. The summed E-state index contributed by atoms with van der Waals surface area (Å²) in [5.41, 5.74) is 3.02. The highest BCUT2D eigenvalue weighted by Gasteiger charge is 2.05. The molecule has 0 aliphatic heterocycles. The molecule has 2 N–H and O–H groups in total. The Morgan fingerprint density at radius 1 is 0.636 bits per heavy atom. The summed E-state index contributed by atoms with van der Waals surface area (Å²) in [6.45, 7) is 0. The Morgan fingerprint density at radius 2 is 1.27 bits per heavy atom. The van der Waals surface area contributed by atoms with Gasteiger partial charge in [-0.25, -0.2) is 0 Å². The Kier molecular flexibility index (Phi) is 3.83. The summed E-state index contributed by atoms with van der Waals surface area (Å²) in [6, 6.07) is 21.4. The van der Waals surface area contributed by atoms with Crippen LogP contribution in [-0.2, 0) is 0 Å². The minimum Gasteiger partial charge on any atom is -0.508 e. The number of rotatable bonds is 3. The molecule has 0 saturated carbocycles. The zero-order chi connectivity index (χ0) is 15.4. The van der Waals surface area contributed by atoms with Crippen LogP contribution in [0.5, 0.6) is 11.5 Å². The highest BCUT2D eigenvalue weighted by molar-refractivity contribution is 5.72. The van der Waals surface area contributed by atoms with E-state index < -0.39 is 0 Å². The lowest BCUT2D eigenvalue weighted by Gasteiger charge is -2.05. The molecular formula is C18H14N2O2. The molecule has 3 rings (SSSR count). The molecule has 0 fully saturated rings. The van der Waals surface area contributed by atoms with Gasteiger partial charge in [0, 0.05) is 11.6 Å². The van der Waals surface area contributed by atoms with Crippen LogP contribution < -0.4 is 0 Å². The largest absolute Gasteiger partial charge is 0.508 e. The van der Waals surface area contributed by atoms with E-state index in [1.54, 1.807) is 6.07 Å². The van der Waals surface area contributed by atoms with E-state index >= 15 is 0 Å². The number of hydrogen-bond acceptors (Lipinski definition) is 4. The van der Waals surface area contributed by atoms with Crippen molar-refractivity contribution in [2.45, 2.75) is 0 Å². The molecule has 0 heterocycles. The molecule has 22 heavy (non-hydrogen) atoms. The molecule has 3 aromatic rings. The van der Waals surface area contributed by atoms with Gasteiger partial charge in [0.05, 0.1) is 11.4 Å². The second-order valence-corrected chi connectivity index (χ2v) is 4.78. The van der Waals surface area contributed by atoms with Crippen molar-refractivity contribution in [2.24, 2.45) is 10.2 Å². The van der Waals surface area contributed by atoms with Crippen molar-refractivity contribution in [3.8, 4) is 22.6 Å². The fourth-order valence-corrected chi connectivity index (χ4v) is 2.08. The first kappa shape index (κ1) is 13.8. The van der Waals surface area contributed by atoms with Gasteiger partial charge in [-0.3, -0.25) is 0 Å².